The predicted molar refractivity (Wildman–Crippen MR) is 122 cm³/mol. The highest BCUT2D eigenvalue weighted by atomic mass is 16.6. The van der Waals surface area contributed by atoms with Crippen LogP contribution in [0.1, 0.15) is 92.4 Å². The van der Waals surface area contributed by atoms with Crippen molar-refractivity contribution < 1.29 is 19.4 Å². The van der Waals surface area contributed by atoms with Gasteiger partial charge in [0, 0.05) is 12.8 Å². The molecule has 0 aromatic carbocycles. The number of aliphatic hydroxyl groups is 1. The Hall–Kier alpha value is -1.00. The summed E-state index contributed by atoms with van der Waals surface area (Å²) in [6.45, 7) is 11.2. The van der Waals surface area contributed by atoms with E-state index < -0.39 is 11.0 Å². The van der Waals surface area contributed by atoms with Crippen LogP contribution in [0.4, 0.5) is 0 Å². The first-order valence-electron chi connectivity index (χ1n) is 12.6. The number of allylic oxidation sites excluding steroid dienone is 1. The average Bonchev–Trinajstić information content (AvgIpc) is 3.29. The number of hydrogen-bond acceptors (Lipinski definition) is 4. The zero-order valence-corrected chi connectivity index (χ0v) is 20.2. The first kappa shape index (κ1) is 23.2. The Labute approximate surface area is 188 Å². The van der Waals surface area contributed by atoms with Crippen LogP contribution in [0.5, 0.6) is 0 Å². The van der Waals surface area contributed by atoms with Crippen molar-refractivity contribution in [2.75, 3.05) is 0 Å². The summed E-state index contributed by atoms with van der Waals surface area (Å²) in [5.74, 6) is 2.11. The van der Waals surface area contributed by atoms with Gasteiger partial charge in [-0.1, -0.05) is 47.0 Å². The van der Waals surface area contributed by atoms with Crippen molar-refractivity contribution in [3.05, 3.63) is 11.6 Å². The smallest absolute Gasteiger partial charge is 0.167 e. The van der Waals surface area contributed by atoms with Crippen molar-refractivity contribution in [2.45, 2.75) is 110 Å². The first-order chi connectivity index (χ1) is 14.6. The first-order valence-corrected chi connectivity index (χ1v) is 12.6. The van der Waals surface area contributed by atoms with Gasteiger partial charge in [0.25, 0.3) is 0 Å². The largest absolute Gasteiger partial charge is 0.393 e. The van der Waals surface area contributed by atoms with E-state index in [-0.39, 0.29) is 29.3 Å². The molecule has 2 saturated carbocycles. The van der Waals surface area contributed by atoms with Crippen molar-refractivity contribution in [3.63, 3.8) is 0 Å². The molecule has 0 amide bonds. The van der Waals surface area contributed by atoms with Gasteiger partial charge in [0.1, 0.15) is 18.0 Å². The summed E-state index contributed by atoms with van der Waals surface area (Å²) in [4.78, 5) is 25.7. The minimum Gasteiger partial charge on any atom is -0.393 e. The Morgan fingerprint density at radius 1 is 1.19 bits per heavy atom. The number of Topliss-reactive ketones (excluding diaryl/α,β-unsaturated/α-hetero) is 1. The van der Waals surface area contributed by atoms with Gasteiger partial charge in [-0.3, -0.25) is 4.79 Å². The van der Waals surface area contributed by atoms with Crippen molar-refractivity contribution >= 4 is 12.1 Å². The van der Waals surface area contributed by atoms with Crippen LogP contribution >= 0.6 is 0 Å². The van der Waals surface area contributed by atoms with Gasteiger partial charge < -0.3 is 14.6 Å². The van der Waals surface area contributed by atoms with Gasteiger partial charge >= 0.3 is 0 Å². The maximum absolute atomic E-state index is 13.9. The molecule has 1 heterocycles. The molecule has 174 valence electrons. The van der Waals surface area contributed by atoms with E-state index in [1.54, 1.807) is 0 Å². The van der Waals surface area contributed by atoms with Crippen LogP contribution in [0.15, 0.2) is 11.6 Å². The molecular weight excluding hydrogens is 388 g/mol. The highest BCUT2D eigenvalue weighted by Gasteiger charge is 2.73. The van der Waals surface area contributed by atoms with E-state index in [2.05, 4.69) is 40.7 Å². The lowest BCUT2D eigenvalue weighted by Gasteiger charge is -2.46. The number of hydrogen-bond donors (Lipinski definition) is 1. The van der Waals surface area contributed by atoms with Crippen molar-refractivity contribution in [1.82, 2.24) is 0 Å². The van der Waals surface area contributed by atoms with Gasteiger partial charge in [-0.2, -0.15) is 0 Å². The van der Waals surface area contributed by atoms with Gasteiger partial charge in [0.15, 0.2) is 5.78 Å². The van der Waals surface area contributed by atoms with E-state index >= 15 is 0 Å². The van der Waals surface area contributed by atoms with Crippen LogP contribution in [-0.4, -0.2) is 35.0 Å². The number of epoxide rings is 1. The fraction of sp³-hybridized carbons (Fsp3) is 0.852. The lowest BCUT2D eigenvalue weighted by molar-refractivity contribution is -0.134. The van der Waals surface area contributed by atoms with Gasteiger partial charge in [-0.25, -0.2) is 0 Å². The van der Waals surface area contributed by atoms with Crippen LogP contribution in [0, 0.1) is 34.5 Å². The number of aldehydes is 1. The summed E-state index contributed by atoms with van der Waals surface area (Å²) in [6, 6.07) is 0. The molecule has 1 aliphatic heterocycles. The van der Waals surface area contributed by atoms with Crippen molar-refractivity contribution in [3.8, 4) is 0 Å². The molecule has 1 spiro atoms. The van der Waals surface area contributed by atoms with Crippen LogP contribution < -0.4 is 0 Å². The molecule has 31 heavy (non-hydrogen) atoms. The lowest BCUT2D eigenvalue weighted by atomic mass is 9.55. The Kier molecular flexibility index (Phi) is 6.05. The summed E-state index contributed by atoms with van der Waals surface area (Å²) in [5, 5.41) is 10.2. The Bertz CT molecular complexity index is 756. The zero-order valence-electron chi connectivity index (χ0n) is 20.2. The summed E-state index contributed by atoms with van der Waals surface area (Å²) >= 11 is 0. The SMILES string of the molecule is CC(C)CCC[C@@H](C)[C@H]1CCC(C2=C[C@@H]3O[C@@]34C[C@@H](O)CC[C@]4(C)C2=O)[C@]1(C)CC=O. The van der Waals surface area contributed by atoms with Gasteiger partial charge in [-0.15, -0.1) is 0 Å². The van der Waals surface area contributed by atoms with E-state index in [0.29, 0.717) is 37.5 Å². The summed E-state index contributed by atoms with van der Waals surface area (Å²) in [7, 11) is 0. The van der Waals surface area contributed by atoms with E-state index in [0.717, 1.165) is 30.6 Å². The average molecular weight is 431 g/mol. The molecule has 1 unspecified atom stereocenters. The molecule has 0 aromatic rings. The topological polar surface area (TPSA) is 66.9 Å². The van der Waals surface area contributed by atoms with Gasteiger partial charge in [0.2, 0.25) is 0 Å². The normalized spacial score (nSPS) is 45.1. The quantitative estimate of drug-likeness (QED) is 0.421. The van der Waals surface area contributed by atoms with E-state index in [1.807, 2.05) is 0 Å². The van der Waals surface area contributed by atoms with Crippen molar-refractivity contribution in [2.24, 2.45) is 34.5 Å². The molecule has 4 rings (SSSR count). The molecule has 4 aliphatic rings. The highest BCUT2D eigenvalue weighted by molar-refractivity contribution is 6.03. The fourth-order valence-corrected chi connectivity index (χ4v) is 7.68. The molecule has 4 heteroatoms. The van der Waals surface area contributed by atoms with E-state index in [1.165, 1.54) is 19.3 Å². The number of ketones is 1. The number of ether oxygens (including phenoxy) is 1. The summed E-state index contributed by atoms with van der Waals surface area (Å²) < 4.78 is 6.15. The molecule has 1 N–H and O–H groups in total. The number of aliphatic hydroxyl groups excluding tert-OH is 1. The molecule has 1 saturated heterocycles. The maximum Gasteiger partial charge on any atom is 0.167 e. The Morgan fingerprint density at radius 2 is 1.94 bits per heavy atom. The Balaban J connectivity index is 1.58. The highest BCUT2D eigenvalue weighted by Crippen LogP contribution is 2.65. The van der Waals surface area contributed by atoms with Crippen LogP contribution in [-0.2, 0) is 14.3 Å². The molecule has 3 aliphatic carbocycles. The number of carbonyl (C=O) groups excluding carboxylic acids is 2. The molecule has 0 radical (unpaired) electrons. The second-order valence-corrected chi connectivity index (χ2v) is 12.0. The standard InChI is InChI=1S/C27H42O4/c1-17(2)7-6-8-18(3)21-9-10-22(25(21,4)13-14-28)20-15-23-27(31-23)16-19(29)11-12-26(27,5)24(20)30/h14-15,17-19,21-23,29H,6-13,16H2,1-5H3/t18-,19+,21-,22?,23+,25-,26-,27+/m1/s1. The molecule has 0 bridgehead atoms. The van der Waals surface area contributed by atoms with E-state index in [4.69, 9.17) is 4.74 Å². The summed E-state index contributed by atoms with van der Waals surface area (Å²) in [5.41, 5.74) is -0.267. The second kappa shape index (κ2) is 8.09. The minimum atomic E-state index is -0.538. The van der Waals surface area contributed by atoms with Crippen LogP contribution in [0.2, 0.25) is 0 Å². The zero-order chi connectivity index (χ0) is 22.6. The third-order valence-corrected chi connectivity index (χ3v) is 9.72. The number of carbonyl (C=O) groups is 2. The van der Waals surface area contributed by atoms with Crippen molar-refractivity contribution in [1.29, 1.82) is 0 Å². The fourth-order valence-electron chi connectivity index (χ4n) is 7.68. The Morgan fingerprint density at radius 3 is 2.61 bits per heavy atom. The maximum atomic E-state index is 13.9. The third-order valence-electron chi connectivity index (χ3n) is 9.72. The monoisotopic (exact) mass is 430 g/mol. The lowest BCUT2D eigenvalue weighted by Crippen LogP contribution is -2.53. The van der Waals surface area contributed by atoms with Crippen LogP contribution in [0.3, 0.4) is 0 Å². The minimum absolute atomic E-state index is 0.0526. The number of rotatable bonds is 8. The van der Waals surface area contributed by atoms with Gasteiger partial charge in [0.05, 0.1) is 11.5 Å². The second-order valence-electron chi connectivity index (χ2n) is 12.0. The molecular formula is C27H42O4. The molecule has 8 atom stereocenters. The summed E-state index contributed by atoms with van der Waals surface area (Å²) in [6.07, 6.45) is 10.9. The van der Waals surface area contributed by atoms with Gasteiger partial charge in [-0.05, 0) is 73.3 Å². The predicted octanol–water partition coefficient (Wildman–Crippen LogP) is 5.27. The van der Waals surface area contributed by atoms with E-state index in [9.17, 15) is 14.7 Å². The molecule has 3 fully saturated rings. The molecule has 0 aromatic heterocycles. The third kappa shape index (κ3) is 3.57. The molecule has 4 nitrogen and oxygen atoms in total. The van der Waals surface area contributed by atoms with Crippen LogP contribution in [0.25, 0.3) is 0 Å².